The number of rotatable bonds is 0. The van der Waals surface area contributed by atoms with Crippen molar-refractivity contribution in [2.45, 2.75) is 13.8 Å². The van der Waals surface area contributed by atoms with Gasteiger partial charge in [0.25, 0.3) is 0 Å². The molecule has 1 heterocycles. The molecule has 1 aromatic rings. The van der Waals surface area contributed by atoms with Gasteiger partial charge in [0.15, 0.2) is 0 Å². The standard InChI is InChI=1S/C6H7NO/c1-4-3-8-6(7)5(4)2/h3H,1-2H3. The highest BCUT2D eigenvalue weighted by Gasteiger charge is 2.00. The van der Waals surface area contributed by atoms with E-state index in [0.717, 1.165) is 11.1 Å². The normalized spacial score (nSPS) is 9.75. The van der Waals surface area contributed by atoms with Crippen LogP contribution in [0, 0.1) is 13.8 Å². The summed E-state index contributed by atoms with van der Waals surface area (Å²) in [5.74, 6) is 0.0301. The van der Waals surface area contributed by atoms with Crippen LogP contribution in [0.3, 0.4) is 0 Å². The van der Waals surface area contributed by atoms with Crippen LogP contribution in [-0.4, -0.2) is 0 Å². The Bertz CT molecular complexity index is 171. The summed E-state index contributed by atoms with van der Waals surface area (Å²) in [5, 5.41) is 0. The second-order valence-electron chi connectivity index (χ2n) is 1.85. The molecular weight excluding hydrogens is 102 g/mol. The van der Waals surface area contributed by atoms with Gasteiger partial charge >= 0.3 is 0 Å². The fourth-order valence-corrected chi connectivity index (χ4v) is 0.490. The first kappa shape index (κ1) is 5.22. The van der Waals surface area contributed by atoms with Gasteiger partial charge in [-0.15, -0.1) is 5.73 Å². The monoisotopic (exact) mass is 109 g/mol. The highest BCUT2D eigenvalue weighted by Crippen LogP contribution is 2.17. The van der Waals surface area contributed by atoms with E-state index in [1.165, 1.54) is 6.26 Å². The lowest BCUT2D eigenvalue weighted by Crippen LogP contribution is -1.69. The van der Waals surface area contributed by atoms with Gasteiger partial charge in [0.2, 0.25) is 5.88 Å². The van der Waals surface area contributed by atoms with E-state index in [1.54, 1.807) is 0 Å². The first-order valence-electron chi connectivity index (χ1n) is 2.45. The third-order valence-electron chi connectivity index (χ3n) is 1.26. The van der Waals surface area contributed by atoms with Crippen molar-refractivity contribution in [3.05, 3.63) is 17.4 Å². The van der Waals surface area contributed by atoms with Crippen molar-refractivity contribution in [3.63, 3.8) is 0 Å². The maximum absolute atomic E-state index is 8.77. The molecule has 0 unspecified atom stereocenters. The zero-order chi connectivity index (χ0) is 6.15. The van der Waals surface area contributed by atoms with Crippen LogP contribution in [0.2, 0.25) is 0 Å². The minimum Gasteiger partial charge on any atom is -0.445 e. The van der Waals surface area contributed by atoms with Gasteiger partial charge < -0.3 is 4.42 Å². The topological polar surface area (TPSA) is 35.4 Å². The smallest absolute Gasteiger partial charge is 0.241 e. The Balaban J connectivity index is 3.19. The number of furan rings is 1. The van der Waals surface area contributed by atoms with E-state index in [9.17, 15) is 0 Å². The van der Waals surface area contributed by atoms with Crippen molar-refractivity contribution >= 4 is 5.88 Å². The van der Waals surface area contributed by atoms with Crippen molar-refractivity contribution in [1.82, 2.24) is 5.73 Å². The summed E-state index contributed by atoms with van der Waals surface area (Å²) in [5.41, 5.74) is 10.6. The molecule has 0 aromatic carbocycles. The molecule has 8 heavy (non-hydrogen) atoms. The fraction of sp³-hybridized carbons (Fsp3) is 0.333. The maximum Gasteiger partial charge on any atom is 0.241 e. The molecule has 2 nitrogen and oxygen atoms in total. The van der Waals surface area contributed by atoms with E-state index in [-0.39, 0.29) is 5.88 Å². The van der Waals surface area contributed by atoms with Crippen molar-refractivity contribution < 1.29 is 4.42 Å². The van der Waals surface area contributed by atoms with Crippen LogP contribution in [0.1, 0.15) is 11.1 Å². The fourth-order valence-electron chi connectivity index (χ4n) is 0.490. The Morgan fingerprint density at radius 2 is 2.12 bits per heavy atom. The van der Waals surface area contributed by atoms with E-state index >= 15 is 0 Å². The van der Waals surface area contributed by atoms with Gasteiger partial charge in [-0.2, -0.15) is 0 Å². The molecule has 0 aliphatic heterocycles. The summed E-state index contributed by atoms with van der Waals surface area (Å²) >= 11 is 0. The minimum atomic E-state index is 0.0301. The van der Waals surface area contributed by atoms with Crippen molar-refractivity contribution in [3.8, 4) is 0 Å². The van der Waals surface area contributed by atoms with E-state index in [2.05, 4.69) is 4.42 Å². The second kappa shape index (κ2) is 1.54. The molecule has 42 valence electrons. The molecule has 0 aliphatic rings. The van der Waals surface area contributed by atoms with Crippen LogP contribution in [0.15, 0.2) is 10.7 Å². The quantitative estimate of drug-likeness (QED) is 0.498. The number of aryl methyl sites for hydroxylation is 1. The molecular formula is C6H7NO. The lowest BCUT2D eigenvalue weighted by molar-refractivity contribution is 0.570. The van der Waals surface area contributed by atoms with Gasteiger partial charge in [-0.3, -0.25) is 0 Å². The predicted octanol–water partition coefficient (Wildman–Crippen LogP) is 1.60. The van der Waals surface area contributed by atoms with Gasteiger partial charge in [-0.25, -0.2) is 0 Å². The average Bonchev–Trinajstić information content (AvgIpc) is 1.98. The van der Waals surface area contributed by atoms with Crippen LogP contribution in [0.4, 0.5) is 5.88 Å². The van der Waals surface area contributed by atoms with E-state index < -0.39 is 0 Å². The van der Waals surface area contributed by atoms with Crippen LogP contribution >= 0.6 is 0 Å². The highest BCUT2D eigenvalue weighted by molar-refractivity contribution is 5.36. The van der Waals surface area contributed by atoms with Gasteiger partial charge in [0.1, 0.15) is 0 Å². The van der Waals surface area contributed by atoms with Crippen LogP contribution < -0.4 is 5.73 Å². The summed E-state index contributed by atoms with van der Waals surface area (Å²) in [7, 11) is 0. The molecule has 0 saturated carbocycles. The Morgan fingerprint density at radius 1 is 1.50 bits per heavy atom. The summed E-state index contributed by atoms with van der Waals surface area (Å²) in [6, 6.07) is 0. The zero-order valence-electron chi connectivity index (χ0n) is 4.93. The second-order valence-corrected chi connectivity index (χ2v) is 1.85. The molecule has 2 heteroatoms. The minimum absolute atomic E-state index is 0.0301. The molecule has 0 aliphatic carbocycles. The molecule has 0 spiro atoms. The zero-order valence-corrected chi connectivity index (χ0v) is 4.93. The molecule has 0 bridgehead atoms. The summed E-state index contributed by atoms with van der Waals surface area (Å²) in [6.45, 7) is 3.70. The van der Waals surface area contributed by atoms with E-state index in [1.807, 2.05) is 13.8 Å². The number of hydrogen-bond donors (Lipinski definition) is 0. The van der Waals surface area contributed by atoms with Gasteiger partial charge in [-0.1, -0.05) is 0 Å². The van der Waals surface area contributed by atoms with Gasteiger partial charge in [0, 0.05) is 5.56 Å². The average molecular weight is 109 g/mol. The van der Waals surface area contributed by atoms with Crippen molar-refractivity contribution in [1.29, 1.82) is 0 Å². The lowest BCUT2D eigenvalue weighted by Gasteiger charge is -1.80. The SMILES string of the molecule is Cc1coc([N])c1C. The third-order valence-corrected chi connectivity index (χ3v) is 1.26. The van der Waals surface area contributed by atoms with Crippen molar-refractivity contribution in [2.75, 3.05) is 0 Å². The van der Waals surface area contributed by atoms with Crippen LogP contribution in [0.5, 0.6) is 0 Å². The lowest BCUT2D eigenvalue weighted by atomic mass is 10.2. The molecule has 1 aromatic heterocycles. The van der Waals surface area contributed by atoms with Crippen LogP contribution in [-0.2, 0) is 0 Å². The Labute approximate surface area is 48.3 Å². The molecule has 0 fully saturated rings. The molecule has 0 atom stereocenters. The predicted molar refractivity (Wildman–Crippen MR) is 30.0 cm³/mol. The Hall–Kier alpha value is -0.920. The summed E-state index contributed by atoms with van der Waals surface area (Å²) < 4.78 is 4.65. The van der Waals surface area contributed by atoms with Gasteiger partial charge in [0.05, 0.1) is 6.26 Å². The summed E-state index contributed by atoms with van der Waals surface area (Å²) in [4.78, 5) is 0. The molecule has 0 N–H and O–H groups in total. The Morgan fingerprint density at radius 3 is 2.25 bits per heavy atom. The Kier molecular flexibility index (Phi) is 1.01. The number of hydrogen-bond acceptors (Lipinski definition) is 1. The van der Waals surface area contributed by atoms with Gasteiger partial charge in [-0.05, 0) is 19.4 Å². The highest BCUT2D eigenvalue weighted by atomic mass is 16.3. The molecule has 0 saturated heterocycles. The first-order chi connectivity index (χ1) is 3.72. The molecule has 2 radical (unpaired) electrons. The van der Waals surface area contributed by atoms with Crippen LogP contribution in [0.25, 0.3) is 0 Å². The molecule has 1 rings (SSSR count). The maximum atomic E-state index is 8.77. The van der Waals surface area contributed by atoms with E-state index in [4.69, 9.17) is 5.73 Å². The van der Waals surface area contributed by atoms with E-state index in [0.29, 0.717) is 0 Å². The van der Waals surface area contributed by atoms with Crippen molar-refractivity contribution in [2.24, 2.45) is 0 Å². The molecule has 0 amide bonds. The largest absolute Gasteiger partial charge is 0.445 e. The third kappa shape index (κ3) is 0.579. The number of nitrogens with zero attached hydrogens (tertiary/aromatic N) is 1. The first-order valence-corrected chi connectivity index (χ1v) is 2.45. The summed E-state index contributed by atoms with van der Waals surface area (Å²) in [6.07, 6.45) is 1.53.